The molecule has 0 bridgehead atoms. The number of ether oxygens (including phenoxy) is 1. The summed E-state index contributed by atoms with van der Waals surface area (Å²) < 4.78 is 4.49. The predicted molar refractivity (Wildman–Crippen MR) is 49.8 cm³/mol. The Morgan fingerprint density at radius 3 is 2.20 bits per heavy atom. The van der Waals surface area contributed by atoms with Crippen molar-refractivity contribution in [2.24, 2.45) is 0 Å². The van der Waals surface area contributed by atoms with Gasteiger partial charge in [-0.25, -0.2) is 4.79 Å². The van der Waals surface area contributed by atoms with E-state index in [1.165, 1.54) is 13.8 Å². The molecular weight excluding hydrogens is 204 g/mol. The van der Waals surface area contributed by atoms with Gasteiger partial charge in [-0.15, -0.1) is 0 Å². The van der Waals surface area contributed by atoms with E-state index in [1.54, 1.807) is 0 Å². The Bertz CT molecular complexity index is 278. The average molecular weight is 218 g/mol. The first-order valence-electron chi connectivity index (χ1n) is 4.31. The van der Waals surface area contributed by atoms with Gasteiger partial charge in [0.1, 0.15) is 5.76 Å². The average Bonchev–Trinajstić information content (AvgIpc) is 2.46. The van der Waals surface area contributed by atoms with Gasteiger partial charge in [-0.05, 0) is 13.8 Å². The lowest BCUT2D eigenvalue weighted by Gasteiger charge is -1.90. The molecule has 1 unspecified atom stereocenters. The fourth-order valence-corrected chi connectivity index (χ4v) is 0.763. The standard InChI is InChI=1S/C6H6O4.C3H8O2/c1-3-4(6(8)9)2-5(7)10-3;1-3(5)2-4/h2H2,1H3,(H,8,9);3-5H,2H2,1H3. The van der Waals surface area contributed by atoms with Crippen LogP contribution in [0.2, 0.25) is 0 Å². The van der Waals surface area contributed by atoms with E-state index < -0.39 is 18.0 Å². The molecule has 1 aliphatic heterocycles. The molecule has 0 aromatic rings. The molecule has 1 rings (SSSR count). The number of aliphatic hydroxyl groups is 2. The lowest BCUT2D eigenvalue weighted by atomic mass is 10.2. The second-order valence-corrected chi connectivity index (χ2v) is 3.02. The summed E-state index contributed by atoms with van der Waals surface area (Å²) in [7, 11) is 0. The van der Waals surface area contributed by atoms with E-state index in [0.717, 1.165) is 0 Å². The van der Waals surface area contributed by atoms with Crippen LogP contribution in [0.4, 0.5) is 0 Å². The predicted octanol–water partition coefficient (Wildman–Crippen LogP) is -0.349. The second-order valence-electron chi connectivity index (χ2n) is 3.02. The second kappa shape index (κ2) is 6.15. The third-order valence-electron chi connectivity index (χ3n) is 1.54. The first-order chi connectivity index (χ1) is 6.88. The summed E-state index contributed by atoms with van der Waals surface area (Å²) in [5.74, 6) is -1.37. The van der Waals surface area contributed by atoms with E-state index in [4.69, 9.17) is 15.3 Å². The molecule has 86 valence electrons. The van der Waals surface area contributed by atoms with Crippen LogP contribution in [0.1, 0.15) is 20.3 Å². The maximum absolute atomic E-state index is 10.4. The van der Waals surface area contributed by atoms with Gasteiger partial charge in [-0.1, -0.05) is 0 Å². The Labute approximate surface area is 86.8 Å². The van der Waals surface area contributed by atoms with Crippen molar-refractivity contribution >= 4 is 11.9 Å². The highest BCUT2D eigenvalue weighted by atomic mass is 16.5. The molecule has 15 heavy (non-hydrogen) atoms. The zero-order chi connectivity index (χ0) is 12.0. The maximum Gasteiger partial charge on any atom is 0.335 e. The molecule has 1 aliphatic rings. The summed E-state index contributed by atoms with van der Waals surface area (Å²) in [4.78, 5) is 20.7. The fourth-order valence-electron chi connectivity index (χ4n) is 0.763. The summed E-state index contributed by atoms with van der Waals surface area (Å²) in [6.07, 6.45) is -0.670. The molecule has 0 aromatic carbocycles. The molecule has 0 aliphatic carbocycles. The van der Waals surface area contributed by atoms with Crippen molar-refractivity contribution in [3.63, 3.8) is 0 Å². The third kappa shape index (κ3) is 5.14. The summed E-state index contributed by atoms with van der Waals surface area (Å²) in [6, 6.07) is 0. The van der Waals surface area contributed by atoms with Crippen LogP contribution < -0.4 is 0 Å². The van der Waals surface area contributed by atoms with Gasteiger partial charge >= 0.3 is 11.9 Å². The minimum Gasteiger partial charge on any atom is -0.478 e. The van der Waals surface area contributed by atoms with Crippen LogP contribution >= 0.6 is 0 Å². The number of aliphatic carboxylic acids is 1. The van der Waals surface area contributed by atoms with Crippen molar-refractivity contribution < 1.29 is 29.6 Å². The van der Waals surface area contributed by atoms with Gasteiger partial charge in [0.15, 0.2) is 0 Å². The molecule has 3 N–H and O–H groups in total. The first-order valence-corrected chi connectivity index (χ1v) is 4.31. The summed E-state index contributed by atoms with van der Waals surface area (Å²) in [6.45, 7) is 2.86. The number of allylic oxidation sites excluding steroid dienone is 1. The zero-order valence-electron chi connectivity index (χ0n) is 8.56. The van der Waals surface area contributed by atoms with Crippen molar-refractivity contribution in [1.82, 2.24) is 0 Å². The topological polar surface area (TPSA) is 104 Å². The SMILES string of the molecule is CC(O)CO.CC1=C(C(=O)O)CC(=O)O1. The van der Waals surface area contributed by atoms with Gasteiger partial charge in [-0.2, -0.15) is 0 Å². The number of esters is 1. The number of rotatable bonds is 2. The number of carboxylic acids is 1. The highest BCUT2D eigenvalue weighted by Crippen LogP contribution is 2.19. The van der Waals surface area contributed by atoms with Crippen LogP contribution in [0.5, 0.6) is 0 Å². The van der Waals surface area contributed by atoms with Gasteiger partial charge in [0.05, 0.1) is 24.7 Å². The Kier molecular flexibility index (Phi) is 5.58. The molecule has 0 amide bonds. The van der Waals surface area contributed by atoms with E-state index in [1.807, 2.05) is 0 Å². The van der Waals surface area contributed by atoms with Crippen LogP contribution in [0.25, 0.3) is 0 Å². The summed E-state index contributed by atoms with van der Waals surface area (Å²) in [5.41, 5.74) is 0.0602. The normalized spacial score (nSPS) is 16.7. The zero-order valence-corrected chi connectivity index (χ0v) is 8.56. The lowest BCUT2D eigenvalue weighted by molar-refractivity contribution is -0.137. The molecule has 6 heteroatoms. The number of carbonyl (C=O) groups excluding carboxylic acids is 1. The number of carboxylic acid groups (broad SMARTS) is 1. The molecule has 0 aromatic heterocycles. The van der Waals surface area contributed by atoms with Gasteiger partial charge in [0, 0.05) is 0 Å². The van der Waals surface area contributed by atoms with Crippen molar-refractivity contribution in [2.75, 3.05) is 6.61 Å². The maximum atomic E-state index is 10.4. The number of hydrogen-bond acceptors (Lipinski definition) is 5. The highest BCUT2D eigenvalue weighted by Gasteiger charge is 2.25. The molecular formula is C9H14O6. The molecule has 1 heterocycles. The van der Waals surface area contributed by atoms with Gasteiger partial charge in [-0.3, -0.25) is 4.79 Å². The number of carbonyl (C=O) groups is 2. The Hall–Kier alpha value is -1.40. The number of hydrogen-bond donors (Lipinski definition) is 3. The minimum absolute atomic E-state index is 0.0602. The van der Waals surface area contributed by atoms with Crippen LogP contribution in [-0.2, 0) is 14.3 Å². The van der Waals surface area contributed by atoms with Crippen LogP contribution in [-0.4, -0.2) is 40.0 Å². The minimum atomic E-state index is -1.08. The molecule has 0 saturated carbocycles. The van der Waals surface area contributed by atoms with E-state index in [-0.39, 0.29) is 24.4 Å². The van der Waals surface area contributed by atoms with E-state index in [9.17, 15) is 9.59 Å². The summed E-state index contributed by atoms with van der Waals surface area (Å²) in [5, 5.41) is 24.4. The molecule has 1 atom stereocenters. The molecule has 0 spiro atoms. The lowest BCUT2D eigenvalue weighted by Crippen LogP contribution is -2.03. The molecule has 0 saturated heterocycles. The molecule has 0 radical (unpaired) electrons. The van der Waals surface area contributed by atoms with Crippen molar-refractivity contribution in [1.29, 1.82) is 0 Å². The van der Waals surface area contributed by atoms with Crippen molar-refractivity contribution in [3.05, 3.63) is 11.3 Å². The first kappa shape index (κ1) is 13.6. The van der Waals surface area contributed by atoms with Crippen LogP contribution in [0.3, 0.4) is 0 Å². The van der Waals surface area contributed by atoms with Crippen LogP contribution in [0, 0.1) is 0 Å². The fraction of sp³-hybridized carbons (Fsp3) is 0.556. The molecule has 6 nitrogen and oxygen atoms in total. The Morgan fingerprint density at radius 1 is 1.60 bits per heavy atom. The van der Waals surface area contributed by atoms with E-state index >= 15 is 0 Å². The molecule has 0 fully saturated rings. The van der Waals surface area contributed by atoms with Crippen molar-refractivity contribution in [3.8, 4) is 0 Å². The number of aliphatic hydroxyl groups excluding tert-OH is 2. The Morgan fingerprint density at radius 2 is 2.07 bits per heavy atom. The van der Waals surface area contributed by atoms with E-state index in [0.29, 0.717) is 0 Å². The third-order valence-corrected chi connectivity index (χ3v) is 1.54. The summed E-state index contributed by atoms with van der Waals surface area (Å²) >= 11 is 0. The Balaban J connectivity index is 0.000000336. The van der Waals surface area contributed by atoms with Crippen LogP contribution in [0.15, 0.2) is 11.3 Å². The largest absolute Gasteiger partial charge is 0.478 e. The number of cyclic esters (lactones) is 1. The van der Waals surface area contributed by atoms with Gasteiger partial charge in [0.2, 0.25) is 0 Å². The van der Waals surface area contributed by atoms with E-state index in [2.05, 4.69) is 4.74 Å². The monoisotopic (exact) mass is 218 g/mol. The smallest absolute Gasteiger partial charge is 0.335 e. The van der Waals surface area contributed by atoms with Crippen molar-refractivity contribution in [2.45, 2.75) is 26.4 Å². The van der Waals surface area contributed by atoms with Gasteiger partial charge < -0.3 is 20.1 Å². The highest BCUT2D eigenvalue weighted by molar-refractivity contribution is 5.95. The quantitative estimate of drug-likeness (QED) is 0.547. The van der Waals surface area contributed by atoms with Gasteiger partial charge in [0.25, 0.3) is 0 Å².